The van der Waals surface area contributed by atoms with Crippen molar-refractivity contribution in [2.45, 2.75) is 12.3 Å². The van der Waals surface area contributed by atoms with Crippen LogP contribution in [0, 0.1) is 0 Å². The van der Waals surface area contributed by atoms with Crippen molar-refractivity contribution in [1.82, 2.24) is 20.6 Å². The summed E-state index contributed by atoms with van der Waals surface area (Å²) in [7, 11) is 0. The molecule has 0 spiro atoms. The lowest BCUT2D eigenvalue weighted by Crippen LogP contribution is -1.85. The van der Waals surface area contributed by atoms with Gasteiger partial charge in [-0.1, -0.05) is 5.21 Å². The van der Waals surface area contributed by atoms with Gasteiger partial charge in [0.05, 0.1) is 5.38 Å². The zero-order chi connectivity index (χ0) is 5.98. The number of hydrogen-bond acceptors (Lipinski definition) is 3. The SMILES string of the molecule is CC(Cl)c1nn[nH]n1. The van der Waals surface area contributed by atoms with Gasteiger partial charge in [-0.2, -0.15) is 5.21 Å². The summed E-state index contributed by atoms with van der Waals surface area (Å²) in [5.41, 5.74) is 0. The van der Waals surface area contributed by atoms with Crippen molar-refractivity contribution in [2.75, 3.05) is 0 Å². The molecule has 0 aromatic carbocycles. The average molecular weight is 133 g/mol. The van der Waals surface area contributed by atoms with E-state index in [0.29, 0.717) is 5.82 Å². The van der Waals surface area contributed by atoms with E-state index in [1.807, 2.05) is 0 Å². The predicted molar refractivity (Wildman–Crippen MR) is 28.4 cm³/mol. The van der Waals surface area contributed by atoms with Gasteiger partial charge in [0.1, 0.15) is 0 Å². The number of aromatic nitrogens is 4. The molecule has 8 heavy (non-hydrogen) atoms. The standard InChI is InChI=1S/C3H5ClN4/c1-2(4)3-5-7-8-6-3/h2H,1H3,(H,5,6,7,8). The van der Waals surface area contributed by atoms with Crippen molar-refractivity contribution in [3.05, 3.63) is 5.82 Å². The van der Waals surface area contributed by atoms with E-state index in [1.165, 1.54) is 0 Å². The first-order valence-electron chi connectivity index (χ1n) is 2.18. The Morgan fingerprint density at radius 2 is 2.50 bits per heavy atom. The largest absolute Gasteiger partial charge is 0.192 e. The van der Waals surface area contributed by atoms with Crippen LogP contribution in [0.3, 0.4) is 0 Å². The molecule has 1 aromatic heterocycles. The Morgan fingerprint density at radius 3 is 2.75 bits per heavy atom. The van der Waals surface area contributed by atoms with Gasteiger partial charge in [0.25, 0.3) is 0 Å². The summed E-state index contributed by atoms with van der Waals surface area (Å²) >= 11 is 5.56. The molecule has 5 heteroatoms. The minimum absolute atomic E-state index is 0.159. The molecule has 1 rings (SSSR count). The molecule has 0 bridgehead atoms. The second-order valence-corrected chi connectivity index (χ2v) is 2.04. The van der Waals surface area contributed by atoms with Crippen molar-refractivity contribution in [3.8, 4) is 0 Å². The van der Waals surface area contributed by atoms with Crippen LogP contribution in [0.4, 0.5) is 0 Å². The molecule has 1 aromatic rings. The average Bonchev–Trinajstić information content (AvgIpc) is 2.12. The van der Waals surface area contributed by atoms with Gasteiger partial charge < -0.3 is 0 Å². The van der Waals surface area contributed by atoms with Crippen LogP contribution in [0.15, 0.2) is 0 Å². The Labute approximate surface area is 51.2 Å². The predicted octanol–water partition coefficient (Wildman–Crippen LogP) is 0.500. The Bertz CT molecular complexity index is 146. The van der Waals surface area contributed by atoms with E-state index in [4.69, 9.17) is 11.6 Å². The van der Waals surface area contributed by atoms with Gasteiger partial charge in [-0.15, -0.1) is 21.8 Å². The van der Waals surface area contributed by atoms with E-state index < -0.39 is 0 Å². The maximum absolute atomic E-state index is 5.56. The van der Waals surface area contributed by atoms with Crippen molar-refractivity contribution in [3.63, 3.8) is 0 Å². The van der Waals surface area contributed by atoms with Crippen molar-refractivity contribution in [1.29, 1.82) is 0 Å². The highest BCUT2D eigenvalue weighted by Gasteiger charge is 2.03. The zero-order valence-corrected chi connectivity index (χ0v) is 5.05. The number of hydrogen-bond donors (Lipinski definition) is 1. The highest BCUT2D eigenvalue weighted by Crippen LogP contribution is 2.11. The third-order valence-corrected chi connectivity index (χ3v) is 0.913. The summed E-state index contributed by atoms with van der Waals surface area (Å²) in [4.78, 5) is 0. The maximum atomic E-state index is 5.56. The van der Waals surface area contributed by atoms with Crippen molar-refractivity contribution in [2.24, 2.45) is 0 Å². The van der Waals surface area contributed by atoms with E-state index in [1.54, 1.807) is 6.92 Å². The summed E-state index contributed by atoms with van der Waals surface area (Å²) in [6, 6.07) is 0. The Morgan fingerprint density at radius 1 is 1.75 bits per heavy atom. The quantitative estimate of drug-likeness (QED) is 0.566. The molecule has 1 heterocycles. The number of tetrazole rings is 1. The molecular weight excluding hydrogens is 128 g/mol. The van der Waals surface area contributed by atoms with Crippen LogP contribution in [0.5, 0.6) is 0 Å². The minimum Gasteiger partial charge on any atom is -0.177 e. The van der Waals surface area contributed by atoms with Crippen LogP contribution in [0.2, 0.25) is 0 Å². The molecule has 1 atom stereocenters. The molecule has 0 radical (unpaired) electrons. The van der Waals surface area contributed by atoms with Crippen molar-refractivity contribution < 1.29 is 0 Å². The maximum Gasteiger partial charge on any atom is 0.192 e. The highest BCUT2D eigenvalue weighted by molar-refractivity contribution is 6.20. The van der Waals surface area contributed by atoms with Crippen LogP contribution in [-0.2, 0) is 0 Å². The minimum atomic E-state index is -0.159. The zero-order valence-electron chi connectivity index (χ0n) is 4.30. The van der Waals surface area contributed by atoms with Crippen LogP contribution in [-0.4, -0.2) is 20.6 Å². The molecule has 0 amide bonds. The van der Waals surface area contributed by atoms with Gasteiger partial charge in [-0.05, 0) is 6.92 Å². The highest BCUT2D eigenvalue weighted by atomic mass is 35.5. The van der Waals surface area contributed by atoms with Crippen LogP contribution < -0.4 is 0 Å². The van der Waals surface area contributed by atoms with Gasteiger partial charge in [-0.3, -0.25) is 0 Å². The van der Waals surface area contributed by atoms with Gasteiger partial charge in [0.15, 0.2) is 5.82 Å². The summed E-state index contributed by atoms with van der Waals surface area (Å²) in [5.74, 6) is 0.534. The summed E-state index contributed by atoms with van der Waals surface area (Å²) in [6.45, 7) is 1.78. The Kier molecular flexibility index (Phi) is 1.43. The smallest absolute Gasteiger partial charge is 0.177 e. The van der Waals surface area contributed by atoms with E-state index in [9.17, 15) is 0 Å². The molecule has 0 fully saturated rings. The van der Waals surface area contributed by atoms with E-state index in [2.05, 4.69) is 20.6 Å². The number of nitrogens with one attached hydrogen (secondary N) is 1. The van der Waals surface area contributed by atoms with Crippen molar-refractivity contribution >= 4 is 11.6 Å². The topological polar surface area (TPSA) is 54.5 Å². The summed E-state index contributed by atoms with van der Waals surface area (Å²) in [6.07, 6.45) is 0. The fourth-order valence-electron chi connectivity index (χ4n) is 0.338. The molecule has 0 saturated heterocycles. The van der Waals surface area contributed by atoms with Gasteiger partial charge >= 0.3 is 0 Å². The van der Waals surface area contributed by atoms with E-state index >= 15 is 0 Å². The lowest BCUT2D eigenvalue weighted by atomic mass is 10.5. The number of nitrogens with zero attached hydrogens (tertiary/aromatic N) is 3. The third-order valence-electron chi connectivity index (χ3n) is 0.718. The van der Waals surface area contributed by atoms with Crippen LogP contribution in [0.1, 0.15) is 18.1 Å². The second-order valence-electron chi connectivity index (χ2n) is 1.39. The number of H-pyrrole nitrogens is 1. The molecule has 4 nitrogen and oxygen atoms in total. The van der Waals surface area contributed by atoms with Gasteiger partial charge in [0, 0.05) is 0 Å². The fraction of sp³-hybridized carbons (Fsp3) is 0.667. The van der Waals surface area contributed by atoms with Gasteiger partial charge in [-0.25, -0.2) is 0 Å². The first kappa shape index (κ1) is 5.50. The Balaban J connectivity index is 2.77. The Hall–Kier alpha value is -0.640. The summed E-state index contributed by atoms with van der Waals surface area (Å²) < 4.78 is 0. The van der Waals surface area contributed by atoms with Gasteiger partial charge in [0.2, 0.25) is 0 Å². The lowest BCUT2D eigenvalue weighted by molar-refractivity contribution is 0.881. The first-order valence-corrected chi connectivity index (χ1v) is 2.62. The molecule has 1 unspecified atom stereocenters. The number of alkyl halides is 1. The van der Waals surface area contributed by atoms with Crippen LogP contribution >= 0.6 is 11.6 Å². The molecule has 0 aliphatic heterocycles. The third kappa shape index (κ3) is 0.949. The van der Waals surface area contributed by atoms with E-state index in [0.717, 1.165) is 0 Å². The molecule has 44 valence electrons. The number of aromatic amines is 1. The lowest BCUT2D eigenvalue weighted by Gasteiger charge is -1.87. The molecule has 0 saturated carbocycles. The number of halogens is 1. The molecular formula is C3H5ClN4. The van der Waals surface area contributed by atoms with E-state index in [-0.39, 0.29) is 5.38 Å². The molecule has 0 aliphatic carbocycles. The fourth-order valence-corrected chi connectivity index (χ4v) is 0.430. The monoisotopic (exact) mass is 132 g/mol. The summed E-state index contributed by atoms with van der Waals surface area (Å²) in [5, 5.41) is 12.7. The van der Waals surface area contributed by atoms with Crippen LogP contribution in [0.25, 0.3) is 0 Å². The normalized spacial score (nSPS) is 13.8. The second kappa shape index (κ2) is 2.09. The molecule has 0 aliphatic rings. The molecule has 1 N–H and O–H groups in total. The first-order chi connectivity index (χ1) is 3.80. The number of rotatable bonds is 1.